The second kappa shape index (κ2) is 6.61. The molecule has 1 heterocycles. The Bertz CT molecular complexity index is 482. The van der Waals surface area contributed by atoms with Crippen molar-refractivity contribution >= 4 is 11.5 Å². The van der Waals surface area contributed by atoms with Gasteiger partial charge in [-0.2, -0.15) is 0 Å². The minimum absolute atomic E-state index is 0.154. The maximum absolute atomic E-state index is 8.75. The summed E-state index contributed by atoms with van der Waals surface area (Å²) in [5, 5.41) is 11.8. The lowest BCUT2D eigenvalue weighted by atomic mass is 9.99. The van der Waals surface area contributed by atoms with Crippen molar-refractivity contribution in [3.63, 3.8) is 0 Å². The zero-order valence-corrected chi connectivity index (χ0v) is 12.2. The number of ether oxygens (including phenoxy) is 1. The van der Waals surface area contributed by atoms with Crippen molar-refractivity contribution in [1.82, 2.24) is 0 Å². The van der Waals surface area contributed by atoms with Crippen LogP contribution in [0.1, 0.15) is 24.0 Å². The molecule has 5 heteroatoms. The molecule has 0 aromatic heterocycles. The van der Waals surface area contributed by atoms with Gasteiger partial charge in [0.05, 0.1) is 0 Å². The molecular formula is C15H23N3O2. The van der Waals surface area contributed by atoms with E-state index in [4.69, 9.17) is 15.7 Å². The number of hydrogen-bond donors (Lipinski definition) is 2. The highest BCUT2D eigenvalue weighted by Crippen LogP contribution is 2.22. The van der Waals surface area contributed by atoms with E-state index in [9.17, 15) is 0 Å². The highest BCUT2D eigenvalue weighted by Gasteiger charge is 2.16. The van der Waals surface area contributed by atoms with Gasteiger partial charge in [0, 0.05) is 38.1 Å². The molecule has 1 aliphatic rings. The summed E-state index contributed by atoms with van der Waals surface area (Å²) in [6, 6.07) is 5.99. The molecule has 0 atom stereocenters. The van der Waals surface area contributed by atoms with Gasteiger partial charge in [-0.3, -0.25) is 0 Å². The van der Waals surface area contributed by atoms with Crippen molar-refractivity contribution in [3.05, 3.63) is 29.3 Å². The first-order valence-corrected chi connectivity index (χ1v) is 6.99. The van der Waals surface area contributed by atoms with E-state index in [1.807, 2.05) is 19.1 Å². The topological polar surface area (TPSA) is 71.1 Å². The van der Waals surface area contributed by atoms with Gasteiger partial charge >= 0.3 is 0 Å². The van der Waals surface area contributed by atoms with Gasteiger partial charge in [0.15, 0.2) is 5.84 Å². The van der Waals surface area contributed by atoms with E-state index in [1.54, 1.807) is 0 Å². The fraction of sp³-hybridized carbons (Fsp3) is 0.533. The molecule has 0 bridgehead atoms. The first kappa shape index (κ1) is 14.7. The number of hydrogen-bond acceptors (Lipinski definition) is 4. The Morgan fingerprint density at radius 1 is 1.45 bits per heavy atom. The van der Waals surface area contributed by atoms with Gasteiger partial charge < -0.3 is 20.6 Å². The van der Waals surface area contributed by atoms with Crippen molar-refractivity contribution < 1.29 is 9.94 Å². The maximum atomic E-state index is 8.75. The summed E-state index contributed by atoms with van der Waals surface area (Å²) in [5.74, 6) is 0.846. The van der Waals surface area contributed by atoms with Crippen LogP contribution in [-0.2, 0) is 4.74 Å². The van der Waals surface area contributed by atoms with Crippen LogP contribution in [-0.4, -0.2) is 37.8 Å². The van der Waals surface area contributed by atoms with Gasteiger partial charge in [-0.25, -0.2) is 0 Å². The van der Waals surface area contributed by atoms with Crippen LogP contribution in [0.25, 0.3) is 0 Å². The molecule has 0 radical (unpaired) electrons. The summed E-state index contributed by atoms with van der Waals surface area (Å²) in [4.78, 5) is 2.26. The largest absolute Gasteiger partial charge is 0.409 e. The van der Waals surface area contributed by atoms with E-state index in [2.05, 4.69) is 23.2 Å². The van der Waals surface area contributed by atoms with Crippen molar-refractivity contribution in [2.24, 2.45) is 16.8 Å². The van der Waals surface area contributed by atoms with Crippen molar-refractivity contribution in [3.8, 4) is 0 Å². The van der Waals surface area contributed by atoms with Crippen molar-refractivity contribution in [1.29, 1.82) is 0 Å². The summed E-state index contributed by atoms with van der Waals surface area (Å²) in [6.07, 6.45) is 2.26. The first-order chi connectivity index (χ1) is 9.61. The molecule has 0 aliphatic carbocycles. The second-order valence-electron chi connectivity index (χ2n) is 5.42. The smallest absolute Gasteiger partial charge is 0.170 e. The summed E-state index contributed by atoms with van der Waals surface area (Å²) < 4.78 is 5.39. The number of nitrogens with two attached hydrogens (primary N) is 1. The van der Waals surface area contributed by atoms with Crippen LogP contribution < -0.4 is 10.6 Å². The summed E-state index contributed by atoms with van der Waals surface area (Å²) >= 11 is 0. The van der Waals surface area contributed by atoms with E-state index in [0.29, 0.717) is 5.92 Å². The fourth-order valence-electron chi connectivity index (χ4n) is 2.65. The van der Waals surface area contributed by atoms with Crippen LogP contribution in [0.2, 0.25) is 0 Å². The standard InChI is InChI=1S/C15H23N3O2/c1-11-9-13(3-4-14(11)15(16)17-19)18(2)10-12-5-7-20-8-6-12/h3-4,9,12,19H,5-8,10H2,1-2H3,(H2,16,17). The van der Waals surface area contributed by atoms with Crippen LogP contribution in [0.15, 0.2) is 23.4 Å². The third-order valence-corrected chi connectivity index (χ3v) is 3.91. The molecule has 5 nitrogen and oxygen atoms in total. The number of benzene rings is 1. The van der Waals surface area contributed by atoms with Crippen LogP contribution >= 0.6 is 0 Å². The summed E-state index contributed by atoms with van der Waals surface area (Å²) in [7, 11) is 2.10. The first-order valence-electron chi connectivity index (χ1n) is 6.99. The van der Waals surface area contributed by atoms with Gasteiger partial charge in [-0.05, 0) is 49.4 Å². The zero-order chi connectivity index (χ0) is 14.5. The van der Waals surface area contributed by atoms with E-state index in [-0.39, 0.29) is 5.84 Å². The molecule has 20 heavy (non-hydrogen) atoms. The molecule has 0 saturated carbocycles. The average molecular weight is 277 g/mol. The number of rotatable bonds is 4. The molecule has 0 amide bonds. The molecule has 1 aromatic rings. The predicted molar refractivity (Wildman–Crippen MR) is 80.5 cm³/mol. The van der Waals surface area contributed by atoms with Gasteiger partial charge in [0.2, 0.25) is 0 Å². The molecule has 3 N–H and O–H groups in total. The third-order valence-electron chi connectivity index (χ3n) is 3.91. The average Bonchev–Trinajstić information content (AvgIpc) is 2.47. The molecule has 1 aromatic carbocycles. The van der Waals surface area contributed by atoms with E-state index in [1.165, 1.54) is 0 Å². The maximum Gasteiger partial charge on any atom is 0.170 e. The van der Waals surface area contributed by atoms with Crippen LogP contribution in [0.5, 0.6) is 0 Å². The Kier molecular flexibility index (Phi) is 4.84. The molecule has 1 fully saturated rings. The Morgan fingerprint density at radius 3 is 2.75 bits per heavy atom. The monoisotopic (exact) mass is 277 g/mol. The van der Waals surface area contributed by atoms with Crippen molar-refractivity contribution in [2.45, 2.75) is 19.8 Å². The minimum atomic E-state index is 0.154. The SMILES string of the molecule is Cc1cc(N(C)CC2CCOCC2)ccc1/C(N)=N/O. The lowest BCUT2D eigenvalue weighted by Crippen LogP contribution is -2.29. The van der Waals surface area contributed by atoms with Crippen LogP contribution in [0.3, 0.4) is 0 Å². The molecule has 1 aliphatic heterocycles. The quantitative estimate of drug-likeness (QED) is 0.382. The van der Waals surface area contributed by atoms with E-state index in [0.717, 1.165) is 49.4 Å². The zero-order valence-electron chi connectivity index (χ0n) is 12.2. The Balaban J connectivity index is 2.06. The van der Waals surface area contributed by atoms with Crippen molar-refractivity contribution in [2.75, 3.05) is 31.7 Å². The van der Waals surface area contributed by atoms with Gasteiger partial charge in [0.25, 0.3) is 0 Å². The molecule has 0 spiro atoms. The van der Waals surface area contributed by atoms with E-state index < -0.39 is 0 Å². The van der Waals surface area contributed by atoms with Gasteiger partial charge in [-0.15, -0.1) is 0 Å². The van der Waals surface area contributed by atoms with Gasteiger partial charge in [-0.1, -0.05) is 5.16 Å². The Hall–Kier alpha value is -1.75. The lowest BCUT2D eigenvalue weighted by molar-refractivity contribution is 0.0685. The highest BCUT2D eigenvalue weighted by atomic mass is 16.5. The molecule has 1 saturated heterocycles. The Labute approximate surface area is 120 Å². The molecular weight excluding hydrogens is 254 g/mol. The second-order valence-corrected chi connectivity index (χ2v) is 5.42. The normalized spacial score (nSPS) is 17.2. The fourth-order valence-corrected chi connectivity index (χ4v) is 2.65. The molecule has 2 rings (SSSR count). The number of amidine groups is 1. The predicted octanol–water partition coefficient (Wildman–Crippen LogP) is 1.95. The third kappa shape index (κ3) is 3.42. The van der Waals surface area contributed by atoms with E-state index >= 15 is 0 Å². The van der Waals surface area contributed by atoms with Gasteiger partial charge in [0.1, 0.15) is 0 Å². The van der Waals surface area contributed by atoms with Crippen LogP contribution in [0.4, 0.5) is 5.69 Å². The number of aryl methyl sites for hydroxylation is 1. The number of anilines is 1. The Morgan fingerprint density at radius 2 is 2.15 bits per heavy atom. The lowest BCUT2D eigenvalue weighted by Gasteiger charge is -2.28. The summed E-state index contributed by atoms with van der Waals surface area (Å²) in [6.45, 7) is 4.75. The number of oxime groups is 1. The summed E-state index contributed by atoms with van der Waals surface area (Å²) in [5.41, 5.74) is 8.58. The number of nitrogens with zero attached hydrogens (tertiary/aromatic N) is 2. The van der Waals surface area contributed by atoms with Crippen LogP contribution in [0, 0.1) is 12.8 Å². The minimum Gasteiger partial charge on any atom is -0.409 e. The highest BCUT2D eigenvalue weighted by molar-refractivity contribution is 5.98. The molecule has 110 valence electrons. The molecule has 0 unspecified atom stereocenters.